The van der Waals surface area contributed by atoms with Crippen LogP contribution in [0.1, 0.15) is 15.9 Å². The fraction of sp³-hybridized carbons (Fsp3) is 0.130. The zero-order chi connectivity index (χ0) is 21.3. The Morgan fingerprint density at radius 1 is 0.933 bits per heavy atom. The minimum atomic E-state index is -0.335. The fourth-order valence-corrected chi connectivity index (χ4v) is 3.00. The normalized spacial score (nSPS) is 10.2. The molecule has 5 nitrogen and oxygen atoms in total. The molecule has 0 saturated heterocycles. The number of hydrogen-bond donors (Lipinski definition) is 2. The number of hydrogen-bond acceptors (Lipinski definition) is 4. The first-order valence-corrected chi connectivity index (χ1v) is 10.1. The van der Waals surface area contributed by atoms with E-state index >= 15 is 0 Å². The second-order valence-corrected chi connectivity index (χ2v) is 7.25. The Morgan fingerprint density at radius 2 is 1.63 bits per heavy atom. The number of nitrogens with one attached hydrogen (secondary N) is 2. The van der Waals surface area contributed by atoms with Crippen LogP contribution in [0.5, 0.6) is 11.5 Å². The number of thiocarbonyl (C=S) groups is 1. The van der Waals surface area contributed by atoms with Crippen LogP contribution in [0.4, 0.5) is 5.69 Å². The third kappa shape index (κ3) is 6.47. The van der Waals surface area contributed by atoms with E-state index in [-0.39, 0.29) is 11.0 Å². The van der Waals surface area contributed by atoms with Gasteiger partial charge < -0.3 is 14.8 Å². The molecule has 154 valence electrons. The van der Waals surface area contributed by atoms with Crippen molar-refractivity contribution in [1.29, 1.82) is 0 Å². The van der Waals surface area contributed by atoms with Gasteiger partial charge >= 0.3 is 0 Å². The smallest absolute Gasteiger partial charge is 0.257 e. The van der Waals surface area contributed by atoms with Gasteiger partial charge in [-0.2, -0.15) is 0 Å². The molecule has 30 heavy (non-hydrogen) atoms. The zero-order valence-electron chi connectivity index (χ0n) is 16.4. The Balaban J connectivity index is 1.51. The third-order valence-electron chi connectivity index (χ3n) is 4.14. The van der Waals surface area contributed by atoms with Crippen LogP contribution in [-0.2, 0) is 0 Å². The molecule has 0 heterocycles. The lowest BCUT2D eigenvalue weighted by atomic mass is 10.2. The summed E-state index contributed by atoms with van der Waals surface area (Å²) in [4.78, 5) is 12.5. The maximum Gasteiger partial charge on any atom is 0.257 e. The van der Waals surface area contributed by atoms with Gasteiger partial charge in [-0.05, 0) is 67.2 Å². The van der Waals surface area contributed by atoms with Crippen molar-refractivity contribution in [3.8, 4) is 11.5 Å². The van der Waals surface area contributed by atoms with Crippen molar-refractivity contribution in [2.45, 2.75) is 6.92 Å². The van der Waals surface area contributed by atoms with Gasteiger partial charge in [0.1, 0.15) is 24.7 Å². The van der Waals surface area contributed by atoms with Crippen LogP contribution in [0.3, 0.4) is 0 Å². The van der Waals surface area contributed by atoms with Gasteiger partial charge in [0.2, 0.25) is 0 Å². The second kappa shape index (κ2) is 10.6. The van der Waals surface area contributed by atoms with Gasteiger partial charge in [-0.25, -0.2) is 0 Å². The summed E-state index contributed by atoms with van der Waals surface area (Å²) >= 11 is 11.3. The van der Waals surface area contributed by atoms with Crippen molar-refractivity contribution in [3.05, 3.63) is 88.9 Å². The van der Waals surface area contributed by atoms with Crippen molar-refractivity contribution in [1.82, 2.24) is 5.32 Å². The monoisotopic (exact) mass is 440 g/mol. The summed E-state index contributed by atoms with van der Waals surface area (Å²) in [6.45, 7) is 2.67. The summed E-state index contributed by atoms with van der Waals surface area (Å²) in [6.07, 6.45) is 0. The molecule has 1 amide bonds. The second-order valence-electron chi connectivity index (χ2n) is 6.41. The number of rotatable bonds is 7. The van der Waals surface area contributed by atoms with E-state index in [4.69, 9.17) is 33.3 Å². The fourth-order valence-electron chi connectivity index (χ4n) is 2.62. The number of anilines is 1. The third-order valence-corrected chi connectivity index (χ3v) is 4.57. The first-order valence-electron chi connectivity index (χ1n) is 9.30. The van der Waals surface area contributed by atoms with Crippen LogP contribution >= 0.6 is 23.8 Å². The molecule has 0 aliphatic heterocycles. The molecular formula is C23H21ClN2O3S. The quantitative estimate of drug-likeness (QED) is 0.389. The maximum atomic E-state index is 12.5. The van der Waals surface area contributed by atoms with Crippen molar-refractivity contribution in [3.63, 3.8) is 0 Å². The van der Waals surface area contributed by atoms with E-state index in [1.807, 2.05) is 43.3 Å². The lowest BCUT2D eigenvalue weighted by Gasteiger charge is -2.13. The molecule has 0 bridgehead atoms. The largest absolute Gasteiger partial charge is 0.490 e. The highest BCUT2D eigenvalue weighted by molar-refractivity contribution is 7.80. The molecule has 3 aromatic rings. The highest BCUT2D eigenvalue weighted by atomic mass is 35.5. The van der Waals surface area contributed by atoms with Gasteiger partial charge in [-0.1, -0.05) is 41.9 Å². The number of para-hydroxylation sites is 1. The first-order chi connectivity index (χ1) is 14.5. The van der Waals surface area contributed by atoms with Gasteiger partial charge in [-0.15, -0.1) is 0 Å². The van der Waals surface area contributed by atoms with Crippen molar-refractivity contribution in [2.24, 2.45) is 0 Å². The molecule has 0 saturated carbocycles. The zero-order valence-corrected chi connectivity index (χ0v) is 17.9. The molecule has 0 aromatic heterocycles. The molecule has 0 atom stereocenters. The number of ether oxygens (including phenoxy) is 2. The Labute approximate surface area is 186 Å². The molecule has 2 N–H and O–H groups in total. The van der Waals surface area contributed by atoms with Crippen LogP contribution in [0.2, 0.25) is 5.02 Å². The van der Waals surface area contributed by atoms with E-state index in [1.165, 1.54) is 0 Å². The van der Waals surface area contributed by atoms with E-state index in [2.05, 4.69) is 10.6 Å². The highest BCUT2D eigenvalue weighted by Gasteiger charge is 2.10. The minimum Gasteiger partial charge on any atom is -0.490 e. The summed E-state index contributed by atoms with van der Waals surface area (Å²) in [5.41, 5.74) is 2.14. The number of halogens is 1. The van der Waals surface area contributed by atoms with Crippen molar-refractivity contribution >= 4 is 40.5 Å². The molecule has 0 fully saturated rings. The molecule has 3 aromatic carbocycles. The van der Waals surface area contributed by atoms with E-state index < -0.39 is 0 Å². The molecular weight excluding hydrogens is 420 g/mol. The van der Waals surface area contributed by atoms with Gasteiger partial charge in [0.05, 0.1) is 0 Å². The van der Waals surface area contributed by atoms with Gasteiger partial charge in [0, 0.05) is 16.3 Å². The Bertz CT molecular complexity index is 1030. The Kier molecular flexibility index (Phi) is 7.65. The lowest BCUT2D eigenvalue weighted by Crippen LogP contribution is -2.34. The van der Waals surface area contributed by atoms with Crippen LogP contribution < -0.4 is 20.1 Å². The molecule has 0 spiro atoms. The van der Waals surface area contributed by atoms with E-state index in [0.717, 1.165) is 17.0 Å². The number of amides is 1. The average molecular weight is 441 g/mol. The maximum absolute atomic E-state index is 12.5. The average Bonchev–Trinajstić information content (AvgIpc) is 2.75. The molecule has 0 radical (unpaired) electrons. The highest BCUT2D eigenvalue weighted by Crippen LogP contribution is 2.20. The van der Waals surface area contributed by atoms with Crippen LogP contribution in [0.25, 0.3) is 0 Å². The minimum absolute atomic E-state index is 0.188. The Morgan fingerprint density at radius 3 is 2.40 bits per heavy atom. The van der Waals surface area contributed by atoms with Crippen molar-refractivity contribution < 1.29 is 14.3 Å². The number of carbonyl (C=O) groups is 1. The molecule has 0 unspecified atom stereocenters. The lowest BCUT2D eigenvalue weighted by molar-refractivity contribution is 0.0977. The van der Waals surface area contributed by atoms with E-state index in [9.17, 15) is 4.79 Å². The number of benzene rings is 3. The summed E-state index contributed by atoms with van der Waals surface area (Å²) in [5, 5.41) is 6.43. The first kappa shape index (κ1) is 21.6. The standard InChI is InChI=1S/C23H21ClN2O3S/c1-16-10-11-18(24)15-21(16)25-23(30)26-22(27)17-6-5-9-20(14-17)29-13-12-28-19-7-3-2-4-8-19/h2-11,14-15H,12-13H2,1H3,(H2,25,26,27,30). The molecule has 7 heteroatoms. The molecule has 0 aliphatic rings. The molecule has 0 aliphatic carbocycles. The number of carbonyl (C=O) groups excluding carboxylic acids is 1. The van der Waals surface area contributed by atoms with Crippen molar-refractivity contribution in [2.75, 3.05) is 18.5 Å². The molecule has 3 rings (SSSR count). The van der Waals surface area contributed by atoms with Gasteiger partial charge in [0.25, 0.3) is 5.91 Å². The van der Waals surface area contributed by atoms with E-state index in [1.54, 1.807) is 36.4 Å². The van der Waals surface area contributed by atoms with E-state index in [0.29, 0.717) is 29.5 Å². The Hall–Kier alpha value is -3.09. The SMILES string of the molecule is Cc1ccc(Cl)cc1NC(=S)NC(=O)c1cccc(OCCOc2ccccc2)c1. The van der Waals surface area contributed by atoms with Gasteiger partial charge in [-0.3, -0.25) is 10.1 Å². The van der Waals surface area contributed by atoms with Gasteiger partial charge in [0.15, 0.2) is 5.11 Å². The summed E-state index contributed by atoms with van der Waals surface area (Å²) in [7, 11) is 0. The van der Waals surface area contributed by atoms with Crippen LogP contribution in [-0.4, -0.2) is 24.2 Å². The van der Waals surface area contributed by atoms with Crippen LogP contribution in [0, 0.1) is 6.92 Å². The predicted molar refractivity (Wildman–Crippen MR) is 124 cm³/mol. The predicted octanol–water partition coefficient (Wildman–Crippen LogP) is 5.23. The summed E-state index contributed by atoms with van der Waals surface area (Å²) in [6, 6.07) is 21.8. The number of aryl methyl sites for hydroxylation is 1. The summed E-state index contributed by atoms with van der Waals surface area (Å²) < 4.78 is 11.3. The van der Waals surface area contributed by atoms with Crippen LogP contribution in [0.15, 0.2) is 72.8 Å². The summed E-state index contributed by atoms with van der Waals surface area (Å²) in [5.74, 6) is 1.02. The topological polar surface area (TPSA) is 59.6 Å².